The number of anilines is 1. The second-order valence-electron chi connectivity index (χ2n) is 4.46. The summed E-state index contributed by atoms with van der Waals surface area (Å²) in [5, 5.41) is 2.72. The van der Waals surface area contributed by atoms with E-state index in [1.807, 2.05) is 0 Å². The molecule has 7 nitrogen and oxygen atoms in total. The third-order valence-electron chi connectivity index (χ3n) is 3.09. The summed E-state index contributed by atoms with van der Waals surface area (Å²) in [6, 6.07) is 5.03. The minimum Gasteiger partial charge on any atom is -0.408 e. The van der Waals surface area contributed by atoms with E-state index < -0.39 is 5.76 Å². The van der Waals surface area contributed by atoms with Crippen molar-refractivity contribution in [3.8, 4) is 0 Å². The first-order valence-electron chi connectivity index (χ1n) is 6.17. The fourth-order valence-electron chi connectivity index (χ4n) is 1.89. The predicted octanol–water partition coefficient (Wildman–Crippen LogP) is 0.434. The number of carbonyl (C=O) groups is 1. The second-order valence-corrected chi connectivity index (χ2v) is 4.46. The van der Waals surface area contributed by atoms with E-state index in [4.69, 9.17) is 14.9 Å². The standard InChI is InChI=1S/C13H17N3O4/c1-16-10-4-3-8(5-11(10)20-13(16)18)15-12(17)6-9(7-14)19-2/h3-5,9H,6-7,14H2,1-2H3,(H,15,17). The highest BCUT2D eigenvalue weighted by Crippen LogP contribution is 2.18. The highest BCUT2D eigenvalue weighted by molar-refractivity contribution is 5.93. The van der Waals surface area contributed by atoms with Crippen molar-refractivity contribution in [2.24, 2.45) is 12.8 Å². The maximum absolute atomic E-state index is 11.8. The van der Waals surface area contributed by atoms with Crippen LogP contribution in [0.2, 0.25) is 0 Å². The Morgan fingerprint density at radius 2 is 2.30 bits per heavy atom. The number of fused-ring (bicyclic) bond motifs is 1. The lowest BCUT2D eigenvalue weighted by atomic mass is 10.2. The summed E-state index contributed by atoms with van der Waals surface area (Å²) in [4.78, 5) is 23.2. The summed E-state index contributed by atoms with van der Waals surface area (Å²) in [6.45, 7) is 0.274. The van der Waals surface area contributed by atoms with Crippen LogP contribution in [0.15, 0.2) is 27.4 Å². The summed E-state index contributed by atoms with van der Waals surface area (Å²) in [6.07, 6.45) is -0.141. The van der Waals surface area contributed by atoms with E-state index in [1.165, 1.54) is 11.7 Å². The number of nitrogens with one attached hydrogen (secondary N) is 1. The Morgan fingerprint density at radius 3 is 2.95 bits per heavy atom. The lowest BCUT2D eigenvalue weighted by Gasteiger charge is -2.12. The molecule has 0 aliphatic heterocycles. The molecule has 0 saturated heterocycles. The van der Waals surface area contributed by atoms with Gasteiger partial charge in [0.05, 0.1) is 18.0 Å². The van der Waals surface area contributed by atoms with Gasteiger partial charge in [-0.2, -0.15) is 0 Å². The van der Waals surface area contributed by atoms with Crippen molar-refractivity contribution in [2.45, 2.75) is 12.5 Å². The number of benzene rings is 1. The number of nitrogens with zero attached hydrogens (tertiary/aromatic N) is 1. The van der Waals surface area contributed by atoms with Gasteiger partial charge in [-0.3, -0.25) is 9.36 Å². The lowest BCUT2D eigenvalue weighted by molar-refractivity contribution is -0.118. The number of rotatable bonds is 5. The van der Waals surface area contributed by atoms with E-state index in [0.29, 0.717) is 16.8 Å². The van der Waals surface area contributed by atoms with E-state index in [-0.39, 0.29) is 25.0 Å². The predicted molar refractivity (Wildman–Crippen MR) is 74.6 cm³/mol. The monoisotopic (exact) mass is 279 g/mol. The van der Waals surface area contributed by atoms with Crippen molar-refractivity contribution in [3.05, 3.63) is 28.7 Å². The summed E-state index contributed by atoms with van der Waals surface area (Å²) >= 11 is 0. The first-order chi connectivity index (χ1) is 9.55. The zero-order chi connectivity index (χ0) is 14.7. The highest BCUT2D eigenvalue weighted by Gasteiger charge is 2.12. The summed E-state index contributed by atoms with van der Waals surface area (Å²) in [5.74, 6) is -0.647. The molecule has 0 aliphatic rings. The molecule has 1 unspecified atom stereocenters. The van der Waals surface area contributed by atoms with Crippen LogP contribution in [0.4, 0.5) is 5.69 Å². The molecule has 1 heterocycles. The molecular weight excluding hydrogens is 262 g/mol. The van der Waals surface area contributed by atoms with Crippen molar-refractivity contribution in [1.82, 2.24) is 4.57 Å². The zero-order valence-corrected chi connectivity index (χ0v) is 11.4. The van der Waals surface area contributed by atoms with Gasteiger partial charge in [0.2, 0.25) is 5.91 Å². The Morgan fingerprint density at radius 1 is 1.55 bits per heavy atom. The van der Waals surface area contributed by atoms with Crippen LogP contribution in [0.25, 0.3) is 11.1 Å². The van der Waals surface area contributed by atoms with Crippen LogP contribution >= 0.6 is 0 Å². The lowest BCUT2D eigenvalue weighted by Crippen LogP contribution is -2.28. The van der Waals surface area contributed by atoms with E-state index in [2.05, 4.69) is 5.32 Å². The van der Waals surface area contributed by atoms with Gasteiger partial charge in [-0.05, 0) is 12.1 Å². The molecule has 108 valence electrons. The third kappa shape index (κ3) is 2.89. The van der Waals surface area contributed by atoms with Crippen molar-refractivity contribution < 1.29 is 13.9 Å². The van der Waals surface area contributed by atoms with Gasteiger partial charge in [0.15, 0.2) is 5.58 Å². The van der Waals surface area contributed by atoms with Gasteiger partial charge in [0.25, 0.3) is 0 Å². The van der Waals surface area contributed by atoms with Crippen LogP contribution in [-0.2, 0) is 16.6 Å². The molecule has 0 saturated carbocycles. The normalized spacial score (nSPS) is 12.6. The van der Waals surface area contributed by atoms with Gasteiger partial charge < -0.3 is 20.2 Å². The third-order valence-corrected chi connectivity index (χ3v) is 3.09. The van der Waals surface area contributed by atoms with Crippen LogP contribution in [0.1, 0.15) is 6.42 Å². The molecule has 2 rings (SSSR count). The number of aryl methyl sites for hydroxylation is 1. The smallest absolute Gasteiger partial charge is 0.408 e. The molecule has 0 aliphatic carbocycles. The zero-order valence-electron chi connectivity index (χ0n) is 11.4. The quantitative estimate of drug-likeness (QED) is 0.827. The number of nitrogens with two attached hydrogens (primary N) is 1. The number of aromatic nitrogens is 1. The minimum absolute atomic E-state index is 0.170. The number of amides is 1. The molecule has 0 radical (unpaired) electrons. The molecule has 0 bridgehead atoms. The molecule has 1 atom stereocenters. The molecule has 20 heavy (non-hydrogen) atoms. The van der Waals surface area contributed by atoms with Gasteiger partial charge >= 0.3 is 5.76 Å². The first kappa shape index (κ1) is 14.3. The van der Waals surface area contributed by atoms with Crippen LogP contribution in [0.5, 0.6) is 0 Å². The van der Waals surface area contributed by atoms with Crippen LogP contribution in [-0.4, -0.2) is 30.2 Å². The number of oxazole rings is 1. The summed E-state index contributed by atoms with van der Waals surface area (Å²) < 4.78 is 11.5. The van der Waals surface area contributed by atoms with Gasteiger partial charge in [-0.1, -0.05) is 0 Å². The average molecular weight is 279 g/mol. The fraction of sp³-hybridized carbons (Fsp3) is 0.385. The minimum atomic E-state index is -0.439. The van der Waals surface area contributed by atoms with E-state index in [0.717, 1.165) is 0 Å². The fourth-order valence-corrected chi connectivity index (χ4v) is 1.89. The number of methoxy groups -OCH3 is 1. The van der Waals surface area contributed by atoms with Crippen molar-refractivity contribution in [3.63, 3.8) is 0 Å². The number of carbonyl (C=O) groups excluding carboxylic acids is 1. The van der Waals surface area contributed by atoms with Crippen molar-refractivity contribution in [2.75, 3.05) is 19.0 Å². The Kier molecular flexibility index (Phi) is 4.21. The molecule has 3 N–H and O–H groups in total. The number of ether oxygens (including phenoxy) is 1. The molecule has 0 spiro atoms. The summed E-state index contributed by atoms with van der Waals surface area (Å²) in [5.41, 5.74) is 7.12. The van der Waals surface area contributed by atoms with E-state index >= 15 is 0 Å². The van der Waals surface area contributed by atoms with Gasteiger partial charge in [-0.25, -0.2) is 4.79 Å². The molecule has 7 heteroatoms. The number of hydrogen-bond acceptors (Lipinski definition) is 5. The van der Waals surface area contributed by atoms with Crippen molar-refractivity contribution >= 4 is 22.7 Å². The van der Waals surface area contributed by atoms with Crippen molar-refractivity contribution in [1.29, 1.82) is 0 Å². The SMILES string of the molecule is COC(CN)CC(=O)Nc1ccc2c(c1)oc(=O)n2C. The molecule has 1 amide bonds. The highest BCUT2D eigenvalue weighted by atomic mass is 16.5. The van der Waals surface area contributed by atoms with E-state index in [1.54, 1.807) is 25.2 Å². The Hall–Kier alpha value is -2.12. The Bertz CT molecular complexity index is 670. The molecule has 0 fully saturated rings. The Labute approximate surface area is 115 Å². The van der Waals surface area contributed by atoms with Crippen LogP contribution in [0, 0.1) is 0 Å². The Balaban J connectivity index is 2.14. The molecule has 2 aromatic rings. The van der Waals surface area contributed by atoms with Gasteiger partial charge in [-0.15, -0.1) is 0 Å². The van der Waals surface area contributed by atoms with E-state index in [9.17, 15) is 9.59 Å². The maximum Gasteiger partial charge on any atom is 0.419 e. The number of hydrogen-bond donors (Lipinski definition) is 2. The van der Waals surface area contributed by atoms with Gasteiger partial charge in [0, 0.05) is 32.5 Å². The first-order valence-corrected chi connectivity index (χ1v) is 6.17. The summed E-state index contributed by atoms with van der Waals surface area (Å²) in [7, 11) is 3.13. The topological polar surface area (TPSA) is 99.5 Å². The largest absolute Gasteiger partial charge is 0.419 e. The maximum atomic E-state index is 11.8. The van der Waals surface area contributed by atoms with Gasteiger partial charge in [0.1, 0.15) is 0 Å². The molecule has 1 aromatic heterocycles. The average Bonchev–Trinajstić information content (AvgIpc) is 2.71. The second kappa shape index (κ2) is 5.89. The molecule has 1 aromatic carbocycles. The van der Waals surface area contributed by atoms with Crippen LogP contribution < -0.4 is 16.8 Å². The van der Waals surface area contributed by atoms with Crippen LogP contribution in [0.3, 0.4) is 0 Å². The molecular formula is C13H17N3O4.